The summed E-state index contributed by atoms with van der Waals surface area (Å²) in [6.45, 7) is 4.09. The lowest BCUT2D eigenvalue weighted by Crippen LogP contribution is -2.15. The summed E-state index contributed by atoms with van der Waals surface area (Å²) in [6, 6.07) is 1.57. The SMILES string of the molecule is CC(C)CC[C@H](N)c1c(F)cc(Cl)cc1F. The standard InChI is InChI=1S/C12H16ClF2N/c1-7(2)3-4-11(16)12-9(14)5-8(13)6-10(12)15/h5-7,11H,3-4,16H2,1-2H3/t11-/m0/s1. The van der Waals surface area contributed by atoms with Gasteiger partial charge in [0, 0.05) is 16.6 Å². The first-order valence-corrected chi connectivity index (χ1v) is 5.69. The molecule has 0 heterocycles. The molecular formula is C12H16ClF2N. The minimum absolute atomic E-state index is 0.0507. The van der Waals surface area contributed by atoms with Gasteiger partial charge >= 0.3 is 0 Å². The summed E-state index contributed by atoms with van der Waals surface area (Å²) in [5.74, 6) is -0.869. The van der Waals surface area contributed by atoms with E-state index in [1.165, 1.54) is 0 Å². The molecule has 1 atom stereocenters. The third-order valence-corrected chi connectivity index (χ3v) is 2.69. The second-order valence-electron chi connectivity index (χ2n) is 4.36. The van der Waals surface area contributed by atoms with Gasteiger partial charge in [0.1, 0.15) is 11.6 Å². The zero-order valence-corrected chi connectivity index (χ0v) is 10.2. The van der Waals surface area contributed by atoms with Crippen LogP contribution in [0.3, 0.4) is 0 Å². The van der Waals surface area contributed by atoms with Crippen LogP contribution in [0.1, 0.15) is 38.3 Å². The Labute approximate surface area is 99.6 Å². The second kappa shape index (κ2) is 5.60. The van der Waals surface area contributed by atoms with Crippen molar-refractivity contribution in [2.45, 2.75) is 32.7 Å². The van der Waals surface area contributed by atoms with Gasteiger partial charge < -0.3 is 5.73 Å². The van der Waals surface area contributed by atoms with Gasteiger partial charge in [0.25, 0.3) is 0 Å². The maximum atomic E-state index is 13.5. The van der Waals surface area contributed by atoms with E-state index in [2.05, 4.69) is 0 Å². The fourth-order valence-corrected chi connectivity index (χ4v) is 1.76. The van der Waals surface area contributed by atoms with Crippen molar-refractivity contribution in [3.63, 3.8) is 0 Å². The normalized spacial score (nSPS) is 13.2. The van der Waals surface area contributed by atoms with Crippen LogP contribution in [-0.4, -0.2) is 0 Å². The van der Waals surface area contributed by atoms with Gasteiger partial charge in [0.05, 0.1) is 0 Å². The van der Waals surface area contributed by atoms with Gasteiger partial charge in [-0.1, -0.05) is 25.4 Å². The third-order valence-electron chi connectivity index (χ3n) is 2.47. The molecule has 0 aromatic heterocycles. The lowest BCUT2D eigenvalue weighted by atomic mass is 9.97. The predicted octanol–water partition coefficient (Wildman–Crippen LogP) is 4.05. The molecule has 0 spiro atoms. The number of hydrogen-bond donors (Lipinski definition) is 1. The Bertz CT molecular complexity index is 343. The van der Waals surface area contributed by atoms with Crippen molar-refractivity contribution in [2.24, 2.45) is 11.7 Å². The Hall–Kier alpha value is -0.670. The summed E-state index contributed by atoms with van der Waals surface area (Å²) in [7, 11) is 0. The van der Waals surface area contributed by atoms with Crippen LogP contribution >= 0.6 is 11.6 Å². The van der Waals surface area contributed by atoms with Crippen LogP contribution in [-0.2, 0) is 0 Å². The molecule has 4 heteroatoms. The van der Waals surface area contributed by atoms with Crippen LogP contribution in [0.15, 0.2) is 12.1 Å². The summed E-state index contributed by atoms with van der Waals surface area (Å²) in [4.78, 5) is 0. The molecule has 2 N–H and O–H groups in total. The Kier molecular flexibility index (Phi) is 4.69. The average Bonchev–Trinajstić information content (AvgIpc) is 2.12. The van der Waals surface area contributed by atoms with Crippen molar-refractivity contribution < 1.29 is 8.78 Å². The fraction of sp³-hybridized carbons (Fsp3) is 0.500. The van der Waals surface area contributed by atoms with Crippen LogP contribution in [0, 0.1) is 17.6 Å². The van der Waals surface area contributed by atoms with Crippen molar-refractivity contribution in [3.05, 3.63) is 34.4 Å². The molecule has 90 valence electrons. The van der Waals surface area contributed by atoms with Crippen LogP contribution < -0.4 is 5.73 Å². The number of rotatable bonds is 4. The Morgan fingerprint density at radius 2 is 1.69 bits per heavy atom. The summed E-state index contributed by atoms with van der Waals surface area (Å²) in [5.41, 5.74) is 5.71. The molecule has 0 saturated carbocycles. The van der Waals surface area contributed by atoms with Gasteiger partial charge in [-0.2, -0.15) is 0 Å². The van der Waals surface area contributed by atoms with Gasteiger partial charge in [0.2, 0.25) is 0 Å². The molecular weight excluding hydrogens is 232 g/mol. The number of benzene rings is 1. The number of hydrogen-bond acceptors (Lipinski definition) is 1. The van der Waals surface area contributed by atoms with Crippen molar-refractivity contribution in [2.75, 3.05) is 0 Å². The molecule has 1 aromatic carbocycles. The molecule has 1 nitrogen and oxygen atoms in total. The molecule has 0 fully saturated rings. The highest BCUT2D eigenvalue weighted by Crippen LogP contribution is 2.26. The highest BCUT2D eigenvalue weighted by Gasteiger charge is 2.17. The molecule has 0 unspecified atom stereocenters. The van der Waals surface area contributed by atoms with Crippen LogP contribution in [0.5, 0.6) is 0 Å². The first-order valence-electron chi connectivity index (χ1n) is 5.31. The van der Waals surface area contributed by atoms with Crippen LogP contribution in [0.2, 0.25) is 5.02 Å². The van der Waals surface area contributed by atoms with Crippen molar-refractivity contribution >= 4 is 11.6 Å². The quantitative estimate of drug-likeness (QED) is 0.853. The molecule has 0 radical (unpaired) electrons. The lowest BCUT2D eigenvalue weighted by Gasteiger charge is -2.15. The largest absolute Gasteiger partial charge is 0.324 e. The second-order valence-corrected chi connectivity index (χ2v) is 4.80. The minimum Gasteiger partial charge on any atom is -0.324 e. The van der Waals surface area contributed by atoms with E-state index in [1.807, 2.05) is 13.8 Å². The number of nitrogens with two attached hydrogens (primary N) is 1. The fourth-order valence-electron chi connectivity index (χ4n) is 1.56. The van der Waals surface area contributed by atoms with Crippen molar-refractivity contribution in [1.29, 1.82) is 0 Å². The lowest BCUT2D eigenvalue weighted by molar-refractivity contribution is 0.468. The van der Waals surface area contributed by atoms with E-state index in [-0.39, 0.29) is 10.6 Å². The topological polar surface area (TPSA) is 26.0 Å². The Balaban J connectivity index is 2.86. The molecule has 0 aliphatic carbocycles. The highest BCUT2D eigenvalue weighted by molar-refractivity contribution is 6.30. The van der Waals surface area contributed by atoms with Gasteiger partial charge in [-0.25, -0.2) is 8.78 Å². The van der Waals surface area contributed by atoms with Gasteiger partial charge in [0.15, 0.2) is 0 Å². The third kappa shape index (κ3) is 3.42. The zero-order valence-electron chi connectivity index (χ0n) is 9.43. The molecule has 0 bridgehead atoms. The van der Waals surface area contributed by atoms with Crippen molar-refractivity contribution in [3.8, 4) is 0 Å². The van der Waals surface area contributed by atoms with Crippen LogP contribution in [0.25, 0.3) is 0 Å². The van der Waals surface area contributed by atoms with E-state index >= 15 is 0 Å². The summed E-state index contributed by atoms with van der Waals surface area (Å²) in [6.07, 6.45) is 1.40. The van der Waals surface area contributed by atoms with Crippen LogP contribution in [0.4, 0.5) is 8.78 Å². The van der Waals surface area contributed by atoms with E-state index in [1.54, 1.807) is 0 Å². The molecule has 0 aliphatic heterocycles. The van der Waals surface area contributed by atoms with E-state index in [0.29, 0.717) is 12.3 Å². The monoisotopic (exact) mass is 247 g/mol. The molecule has 1 rings (SSSR count). The van der Waals surface area contributed by atoms with Gasteiger partial charge in [-0.05, 0) is 30.9 Å². The molecule has 0 saturated heterocycles. The first kappa shape index (κ1) is 13.4. The molecule has 0 aliphatic rings. The smallest absolute Gasteiger partial charge is 0.132 e. The number of halogens is 3. The zero-order chi connectivity index (χ0) is 12.3. The minimum atomic E-state index is -0.666. The van der Waals surface area contributed by atoms with Gasteiger partial charge in [-0.15, -0.1) is 0 Å². The Morgan fingerprint density at radius 3 is 2.12 bits per heavy atom. The summed E-state index contributed by atoms with van der Waals surface area (Å²) >= 11 is 5.53. The predicted molar refractivity (Wildman–Crippen MR) is 62.4 cm³/mol. The van der Waals surface area contributed by atoms with E-state index < -0.39 is 17.7 Å². The first-order chi connectivity index (χ1) is 7.41. The molecule has 16 heavy (non-hydrogen) atoms. The summed E-state index contributed by atoms with van der Waals surface area (Å²) in [5, 5.41) is 0.0507. The molecule has 0 amide bonds. The van der Waals surface area contributed by atoms with Gasteiger partial charge in [-0.3, -0.25) is 0 Å². The summed E-state index contributed by atoms with van der Waals surface area (Å²) < 4.78 is 27.0. The van der Waals surface area contributed by atoms with E-state index in [0.717, 1.165) is 18.6 Å². The molecule has 1 aromatic rings. The van der Waals surface area contributed by atoms with E-state index in [9.17, 15) is 8.78 Å². The maximum Gasteiger partial charge on any atom is 0.132 e. The Morgan fingerprint density at radius 1 is 1.19 bits per heavy atom. The maximum absolute atomic E-state index is 13.5. The van der Waals surface area contributed by atoms with Crippen molar-refractivity contribution in [1.82, 2.24) is 0 Å². The average molecular weight is 248 g/mol. The highest BCUT2D eigenvalue weighted by atomic mass is 35.5. The van der Waals surface area contributed by atoms with E-state index in [4.69, 9.17) is 17.3 Å².